The lowest BCUT2D eigenvalue weighted by Gasteiger charge is -2.32. The second kappa shape index (κ2) is 22.8. The average Bonchev–Trinajstić information content (AvgIpc) is 3.19. The third kappa shape index (κ3) is 14.0. The summed E-state index contributed by atoms with van der Waals surface area (Å²) in [7, 11) is 0. The lowest BCUT2D eigenvalue weighted by atomic mass is 9.77. The van der Waals surface area contributed by atoms with E-state index in [4.69, 9.17) is 30.5 Å². The fourth-order valence-corrected chi connectivity index (χ4v) is 9.11. The third-order valence-corrected chi connectivity index (χ3v) is 12.7. The molecule has 0 atom stereocenters. The maximum absolute atomic E-state index is 13.8. The molecule has 4 aliphatic rings. The second-order valence-electron chi connectivity index (χ2n) is 16.5. The summed E-state index contributed by atoms with van der Waals surface area (Å²) in [5, 5.41) is 0.257. The van der Waals surface area contributed by atoms with Crippen LogP contribution in [0.2, 0.25) is 5.02 Å². The van der Waals surface area contributed by atoms with Crippen molar-refractivity contribution in [1.82, 2.24) is 0 Å². The molecule has 0 spiro atoms. The lowest BCUT2D eigenvalue weighted by Crippen LogP contribution is -2.32. The molecule has 0 amide bonds. The van der Waals surface area contributed by atoms with Crippen molar-refractivity contribution in [1.29, 1.82) is 0 Å². The largest absolute Gasteiger partial charge is 0.433 e. The molecule has 0 radical (unpaired) electrons. The quantitative estimate of drug-likeness (QED) is 0.180. The number of alkyl halides is 2. The smallest absolute Gasteiger partial charge is 0.387 e. The molecule has 0 N–H and O–H groups in total. The number of hydrogen-bond donors (Lipinski definition) is 0. The number of unbranched alkanes of at least 4 members (excludes halogenated alkanes) is 1. The summed E-state index contributed by atoms with van der Waals surface area (Å²) in [5.74, 6) is 3.57. The van der Waals surface area contributed by atoms with E-state index >= 15 is 0 Å². The van der Waals surface area contributed by atoms with Gasteiger partial charge in [0.15, 0.2) is 12.6 Å². The van der Waals surface area contributed by atoms with Crippen molar-refractivity contribution in [3.63, 3.8) is 0 Å². The van der Waals surface area contributed by atoms with E-state index in [-0.39, 0.29) is 29.2 Å². The van der Waals surface area contributed by atoms with Crippen LogP contribution in [0.25, 0.3) is 0 Å². The highest BCUT2D eigenvalue weighted by atomic mass is 35.5. The predicted molar refractivity (Wildman–Crippen MR) is 210 cm³/mol. The molecule has 2 aliphatic carbocycles. The zero-order chi connectivity index (χ0) is 38.3. The van der Waals surface area contributed by atoms with E-state index in [1.54, 1.807) is 18.2 Å². The predicted octanol–water partition coefficient (Wildman–Crippen LogP) is 13.2. The van der Waals surface area contributed by atoms with Crippen LogP contribution >= 0.6 is 11.6 Å². The van der Waals surface area contributed by atoms with Crippen molar-refractivity contribution in [3.05, 3.63) is 63.9 Å². The molecule has 4 fully saturated rings. The van der Waals surface area contributed by atoms with Crippen LogP contribution in [0.4, 0.5) is 13.2 Å². The van der Waals surface area contributed by atoms with E-state index in [0.717, 1.165) is 75.6 Å². The monoisotopic (exact) mass is 778 g/mol. The van der Waals surface area contributed by atoms with Crippen molar-refractivity contribution in [2.24, 2.45) is 23.7 Å². The van der Waals surface area contributed by atoms with Crippen LogP contribution in [0.1, 0.15) is 152 Å². The minimum absolute atomic E-state index is 0.0109. The Labute approximate surface area is 328 Å². The van der Waals surface area contributed by atoms with Crippen molar-refractivity contribution < 1.29 is 36.9 Å². The van der Waals surface area contributed by atoms with Crippen LogP contribution in [0, 0.1) is 36.4 Å². The van der Waals surface area contributed by atoms with Gasteiger partial charge in [-0.05, 0) is 155 Å². The molecule has 2 saturated heterocycles. The second-order valence-corrected chi connectivity index (χ2v) is 16.9. The summed E-state index contributed by atoms with van der Waals surface area (Å²) in [4.78, 5) is 0. The van der Waals surface area contributed by atoms with Crippen LogP contribution < -0.4 is 4.74 Å². The summed E-state index contributed by atoms with van der Waals surface area (Å²) < 4.78 is 66.6. The van der Waals surface area contributed by atoms with Gasteiger partial charge >= 0.3 is 6.61 Å². The molecule has 0 bridgehead atoms. The lowest BCUT2D eigenvalue weighted by molar-refractivity contribution is -0.205. The van der Waals surface area contributed by atoms with Crippen molar-refractivity contribution in [2.45, 2.75) is 161 Å². The Hall–Kier alpha value is -1.84. The molecule has 6 rings (SSSR count). The Morgan fingerprint density at radius 3 is 1.59 bits per heavy atom. The molecular formula is C45H66ClF3O5. The molecule has 9 heteroatoms. The number of hydrogen-bond acceptors (Lipinski definition) is 5. The van der Waals surface area contributed by atoms with Crippen LogP contribution in [-0.2, 0) is 18.9 Å². The fourth-order valence-electron chi connectivity index (χ4n) is 8.87. The Balaban J connectivity index is 0.000000208. The first kappa shape index (κ1) is 43.3. The summed E-state index contributed by atoms with van der Waals surface area (Å²) in [6.07, 6.45) is 19.8. The van der Waals surface area contributed by atoms with Crippen LogP contribution in [0.15, 0.2) is 36.4 Å². The highest BCUT2D eigenvalue weighted by Gasteiger charge is 2.28. The van der Waals surface area contributed by atoms with Gasteiger partial charge in [0.05, 0.1) is 31.5 Å². The minimum Gasteiger partial charge on any atom is -0.433 e. The first-order valence-electron chi connectivity index (χ1n) is 21.2. The van der Waals surface area contributed by atoms with Gasteiger partial charge in [-0.15, -0.1) is 0 Å². The normalized spacial score (nSPS) is 29.0. The highest BCUT2D eigenvalue weighted by molar-refractivity contribution is 6.32. The Bertz CT molecular complexity index is 1350. The van der Waals surface area contributed by atoms with Gasteiger partial charge in [-0.3, -0.25) is 0 Å². The van der Waals surface area contributed by atoms with Gasteiger partial charge < -0.3 is 23.7 Å². The van der Waals surface area contributed by atoms with Crippen molar-refractivity contribution in [3.8, 4) is 5.75 Å². The van der Waals surface area contributed by atoms with E-state index in [2.05, 4.69) is 24.7 Å². The summed E-state index contributed by atoms with van der Waals surface area (Å²) in [6.45, 7) is 6.81. The molecule has 0 aromatic heterocycles. The molecule has 2 aromatic rings. The summed E-state index contributed by atoms with van der Waals surface area (Å²) >= 11 is 6.10. The number of benzene rings is 2. The Morgan fingerprint density at radius 2 is 1.13 bits per heavy atom. The van der Waals surface area contributed by atoms with Gasteiger partial charge in [0.1, 0.15) is 11.6 Å². The molecule has 2 saturated carbocycles. The van der Waals surface area contributed by atoms with Gasteiger partial charge in [0.2, 0.25) is 0 Å². The van der Waals surface area contributed by atoms with Crippen molar-refractivity contribution in [2.75, 3.05) is 26.4 Å². The Morgan fingerprint density at radius 1 is 0.630 bits per heavy atom. The van der Waals surface area contributed by atoms with Crippen LogP contribution in [0.5, 0.6) is 5.75 Å². The standard InChI is InChI=1S/C23H35FO2.C22H31ClF2O3/c1-3-4-5-19-15-25-23(26-16-19)13-9-18-7-11-20(12-8-18)21-10-6-17(2)22(24)14-21;1-2-3-16-13-26-21(27-14-16)11-6-15-4-7-17(8-5-15)18-9-10-20(19(23)12-18)28-22(24)25/h6,10,14,18-20,23H,3-5,7-9,11-13,15-16H2,1-2H3;9-10,12,15-17,21-22H,2-8,11,13-14H2,1H3. The summed E-state index contributed by atoms with van der Waals surface area (Å²) in [5.41, 5.74) is 3.04. The number of ether oxygens (including phenoxy) is 5. The van der Waals surface area contributed by atoms with Crippen LogP contribution in [0.3, 0.4) is 0 Å². The van der Waals surface area contributed by atoms with Gasteiger partial charge in [0.25, 0.3) is 0 Å². The van der Waals surface area contributed by atoms with Gasteiger partial charge in [0, 0.05) is 11.8 Å². The van der Waals surface area contributed by atoms with Gasteiger partial charge in [-0.1, -0.05) is 62.9 Å². The molecule has 54 heavy (non-hydrogen) atoms. The molecular weight excluding hydrogens is 713 g/mol. The molecule has 2 heterocycles. The molecule has 0 unspecified atom stereocenters. The van der Waals surface area contributed by atoms with Gasteiger partial charge in [-0.2, -0.15) is 8.78 Å². The van der Waals surface area contributed by atoms with E-state index in [1.807, 2.05) is 19.1 Å². The fraction of sp³-hybridized carbons (Fsp3) is 0.733. The Kier molecular flexibility index (Phi) is 18.3. The third-order valence-electron chi connectivity index (χ3n) is 12.4. The van der Waals surface area contributed by atoms with Crippen molar-refractivity contribution >= 4 is 11.6 Å². The zero-order valence-corrected chi connectivity index (χ0v) is 33.8. The number of halogens is 4. The number of rotatable bonds is 15. The average molecular weight is 779 g/mol. The minimum atomic E-state index is -2.85. The summed E-state index contributed by atoms with van der Waals surface area (Å²) in [6, 6.07) is 11.0. The van der Waals surface area contributed by atoms with Gasteiger partial charge in [-0.25, -0.2) is 4.39 Å². The van der Waals surface area contributed by atoms with Crippen LogP contribution in [-0.4, -0.2) is 45.6 Å². The maximum atomic E-state index is 13.8. The number of aryl methyl sites for hydroxylation is 1. The molecule has 304 valence electrons. The SMILES string of the molecule is CCCC1COC(CCC2CCC(c3ccc(OC(F)F)c(Cl)c3)CC2)OC1.CCCCC1COC(CCC2CCC(c3ccc(C)c(F)c3)CC2)OC1. The highest BCUT2D eigenvalue weighted by Crippen LogP contribution is 2.41. The first-order valence-corrected chi connectivity index (χ1v) is 21.5. The topological polar surface area (TPSA) is 46.2 Å². The maximum Gasteiger partial charge on any atom is 0.387 e. The molecule has 2 aromatic carbocycles. The zero-order valence-electron chi connectivity index (χ0n) is 33.1. The van der Waals surface area contributed by atoms with E-state index in [0.29, 0.717) is 29.6 Å². The van der Waals surface area contributed by atoms with E-state index < -0.39 is 6.61 Å². The van der Waals surface area contributed by atoms with E-state index in [1.165, 1.54) is 82.6 Å². The molecule has 5 nitrogen and oxygen atoms in total. The molecule has 2 aliphatic heterocycles. The first-order chi connectivity index (χ1) is 26.2. The van der Waals surface area contributed by atoms with E-state index in [9.17, 15) is 13.2 Å².